The molecule has 7 atom stereocenters. The van der Waals surface area contributed by atoms with Crippen LogP contribution in [-0.4, -0.2) is 42.0 Å². The molecule has 4 aliphatic rings. The number of aliphatic hydroxyl groups excluding tert-OH is 1. The van der Waals surface area contributed by atoms with Crippen molar-refractivity contribution in [3.63, 3.8) is 0 Å². The summed E-state index contributed by atoms with van der Waals surface area (Å²) >= 11 is 0. The second kappa shape index (κ2) is 6.32. The molecule has 7 heteroatoms. The molecule has 4 fully saturated rings. The zero-order valence-corrected chi connectivity index (χ0v) is 16.9. The SMILES string of the molecule is CC(=O)O[C@H]1C[C@@H](C)[C@]2(C[C@H](c3ccoc3)OC2=O)[C@H]2CCC[C@]3(CO3)[C@]12CO. The lowest BCUT2D eigenvalue weighted by Crippen LogP contribution is -2.68. The molecular formula is C22H28O7. The highest BCUT2D eigenvalue weighted by molar-refractivity contribution is 5.81. The van der Waals surface area contributed by atoms with Crippen molar-refractivity contribution in [2.75, 3.05) is 13.2 Å². The predicted octanol–water partition coefficient (Wildman–Crippen LogP) is 2.77. The van der Waals surface area contributed by atoms with E-state index in [0.29, 0.717) is 19.4 Å². The molecule has 0 unspecified atom stereocenters. The summed E-state index contributed by atoms with van der Waals surface area (Å²) in [7, 11) is 0. The van der Waals surface area contributed by atoms with Gasteiger partial charge in [0, 0.05) is 18.9 Å². The van der Waals surface area contributed by atoms with Crippen molar-refractivity contribution >= 4 is 11.9 Å². The average molecular weight is 404 g/mol. The number of fused-ring (bicyclic) bond motifs is 3. The minimum atomic E-state index is -0.784. The summed E-state index contributed by atoms with van der Waals surface area (Å²) < 4.78 is 22.8. The second-order valence-corrected chi connectivity index (χ2v) is 9.36. The molecule has 2 spiro atoms. The maximum Gasteiger partial charge on any atom is 0.313 e. The van der Waals surface area contributed by atoms with E-state index in [9.17, 15) is 14.7 Å². The third-order valence-corrected chi connectivity index (χ3v) is 8.32. The van der Waals surface area contributed by atoms with Gasteiger partial charge in [-0.2, -0.15) is 0 Å². The number of hydrogen-bond donors (Lipinski definition) is 1. The van der Waals surface area contributed by atoms with Crippen LogP contribution in [0.2, 0.25) is 0 Å². The van der Waals surface area contributed by atoms with Crippen LogP contribution in [0.3, 0.4) is 0 Å². The smallest absolute Gasteiger partial charge is 0.313 e. The highest BCUT2D eigenvalue weighted by Gasteiger charge is 2.77. The van der Waals surface area contributed by atoms with Crippen LogP contribution in [0.5, 0.6) is 0 Å². The molecule has 2 aliphatic carbocycles. The van der Waals surface area contributed by atoms with E-state index in [1.165, 1.54) is 6.92 Å². The Balaban J connectivity index is 1.61. The molecule has 0 radical (unpaired) electrons. The van der Waals surface area contributed by atoms with Gasteiger partial charge in [-0.25, -0.2) is 0 Å². The Labute approximate surface area is 169 Å². The zero-order chi connectivity index (χ0) is 20.4. The third kappa shape index (κ3) is 2.37. The van der Waals surface area contributed by atoms with Gasteiger partial charge in [-0.3, -0.25) is 9.59 Å². The van der Waals surface area contributed by atoms with Gasteiger partial charge < -0.3 is 23.7 Å². The van der Waals surface area contributed by atoms with Gasteiger partial charge in [0.15, 0.2) is 0 Å². The van der Waals surface area contributed by atoms with Crippen LogP contribution in [0.25, 0.3) is 0 Å². The number of rotatable bonds is 3. The Bertz CT molecular complexity index is 813. The standard InChI is InChI=1S/C22H28O7/c1-13-8-18(28-14(2)24)22(11-23)17(4-3-6-20(22)12-27-20)21(13)9-16(29-19(21)25)15-5-7-26-10-15/h5,7,10,13,16-18,23H,3-4,6,8-9,11-12H2,1-2H3/t13-,16-,17-,18+,20+,21-,22+/m1/s1. The number of esters is 2. The van der Waals surface area contributed by atoms with Gasteiger partial charge in [-0.05, 0) is 37.2 Å². The summed E-state index contributed by atoms with van der Waals surface area (Å²) in [6.07, 6.45) is 5.93. The van der Waals surface area contributed by atoms with Crippen molar-refractivity contribution in [1.82, 2.24) is 0 Å². The van der Waals surface area contributed by atoms with Crippen LogP contribution in [0.4, 0.5) is 0 Å². The normalized spacial score (nSPS) is 45.8. The van der Waals surface area contributed by atoms with E-state index in [-0.39, 0.29) is 36.5 Å². The molecular weight excluding hydrogens is 376 g/mol. The monoisotopic (exact) mass is 404 g/mol. The lowest BCUT2D eigenvalue weighted by Gasteiger charge is -2.61. The molecule has 0 aromatic carbocycles. The second-order valence-electron chi connectivity index (χ2n) is 9.36. The first-order valence-electron chi connectivity index (χ1n) is 10.5. The summed E-state index contributed by atoms with van der Waals surface area (Å²) in [4.78, 5) is 25.4. The van der Waals surface area contributed by atoms with Crippen LogP contribution in [0.1, 0.15) is 57.6 Å². The Kier molecular flexibility index (Phi) is 4.17. The molecule has 2 saturated carbocycles. The number of furan rings is 1. The van der Waals surface area contributed by atoms with Crippen molar-refractivity contribution in [1.29, 1.82) is 0 Å². The molecule has 1 N–H and O–H groups in total. The highest BCUT2D eigenvalue weighted by Crippen LogP contribution is 2.71. The topological polar surface area (TPSA) is 98.5 Å². The number of hydrogen-bond acceptors (Lipinski definition) is 7. The number of cyclic esters (lactones) is 1. The van der Waals surface area contributed by atoms with E-state index in [1.807, 2.05) is 13.0 Å². The Morgan fingerprint density at radius 3 is 2.83 bits per heavy atom. The Morgan fingerprint density at radius 2 is 2.21 bits per heavy atom. The average Bonchev–Trinajstić information content (AvgIpc) is 3.12. The van der Waals surface area contributed by atoms with Gasteiger partial charge in [0.05, 0.1) is 36.6 Å². The van der Waals surface area contributed by atoms with Crippen LogP contribution in [0.15, 0.2) is 23.0 Å². The van der Waals surface area contributed by atoms with Crippen molar-refractivity contribution in [3.8, 4) is 0 Å². The van der Waals surface area contributed by atoms with Crippen LogP contribution in [0, 0.1) is 22.7 Å². The van der Waals surface area contributed by atoms with Crippen molar-refractivity contribution in [2.45, 2.75) is 63.8 Å². The van der Waals surface area contributed by atoms with Gasteiger partial charge in [-0.1, -0.05) is 13.3 Å². The maximum atomic E-state index is 13.5. The summed E-state index contributed by atoms with van der Waals surface area (Å²) in [6, 6.07) is 1.83. The maximum absolute atomic E-state index is 13.5. The summed E-state index contributed by atoms with van der Waals surface area (Å²) in [6.45, 7) is 3.81. The molecule has 1 aromatic heterocycles. The number of carbonyl (C=O) groups is 2. The lowest BCUT2D eigenvalue weighted by molar-refractivity contribution is -0.225. The fourth-order valence-electron chi connectivity index (χ4n) is 6.93. The molecule has 0 bridgehead atoms. The molecule has 158 valence electrons. The number of ether oxygens (including phenoxy) is 3. The van der Waals surface area contributed by atoms with E-state index < -0.39 is 22.5 Å². The van der Waals surface area contributed by atoms with E-state index >= 15 is 0 Å². The first-order valence-corrected chi connectivity index (χ1v) is 10.5. The van der Waals surface area contributed by atoms with Gasteiger partial charge in [0.1, 0.15) is 17.8 Å². The fraction of sp³-hybridized carbons (Fsp3) is 0.727. The first-order chi connectivity index (χ1) is 13.9. The number of aliphatic hydroxyl groups is 1. The number of epoxide rings is 1. The predicted molar refractivity (Wildman–Crippen MR) is 99.5 cm³/mol. The largest absolute Gasteiger partial charge is 0.472 e. The minimum absolute atomic E-state index is 0.0465. The molecule has 7 nitrogen and oxygen atoms in total. The van der Waals surface area contributed by atoms with E-state index in [0.717, 1.165) is 24.8 Å². The molecule has 2 aliphatic heterocycles. The molecule has 29 heavy (non-hydrogen) atoms. The molecule has 5 rings (SSSR count). The Morgan fingerprint density at radius 1 is 1.41 bits per heavy atom. The highest BCUT2D eigenvalue weighted by atomic mass is 16.6. The number of carbonyl (C=O) groups excluding carboxylic acids is 2. The van der Waals surface area contributed by atoms with Crippen molar-refractivity contribution in [2.24, 2.45) is 22.7 Å². The zero-order valence-electron chi connectivity index (χ0n) is 16.9. The van der Waals surface area contributed by atoms with E-state index in [1.54, 1.807) is 12.5 Å². The Hall–Kier alpha value is -1.86. The summed E-state index contributed by atoms with van der Waals surface area (Å²) in [5.41, 5.74) is -1.19. The van der Waals surface area contributed by atoms with Crippen LogP contribution < -0.4 is 0 Å². The first kappa shape index (κ1) is 19.1. The van der Waals surface area contributed by atoms with Crippen LogP contribution in [-0.2, 0) is 23.8 Å². The fourth-order valence-corrected chi connectivity index (χ4v) is 6.93. The molecule has 3 heterocycles. The van der Waals surface area contributed by atoms with Gasteiger partial charge in [0.25, 0.3) is 0 Å². The third-order valence-electron chi connectivity index (χ3n) is 8.32. The van der Waals surface area contributed by atoms with Gasteiger partial charge >= 0.3 is 11.9 Å². The van der Waals surface area contributed by atoms with Crippen molar-refractivity contribution in [3.05, 3.63) is 24.2 Å². The lowest BCUT2D eigenvalue weighted by atomic mass is 9.42. The molecule has 1 aromatic rings. The van der Waals surface area contributed by atoms with Crippen LogP contribution >= 0.6 is 0 Å². The molecule has 0 amide bonds. The quantitative estimate of drug-likeness (QED) is 0.611. The van der Waals surface area contributed by atoms with E-state index in [4.69, 9.17) is 18.6 Å². The minimum Gasteiger partial charge on any atom is -0.472 e. The summed E-state index contributed by atoms with van der Waals surface area (Å²) in [5.74, 6) is -0.794. The van der Waals surface area contributed by atoms with Gasteiger partial charge in [-0.15, -0.1) is 0 Å². The summed E-state index contributed by atoms with van der Waals surface area (Å²) in [5, 5.41) is 10.8. The van der Waals surface area contributed by atoms with E-state index in [2.05, 4.69) is 0 Å². The molecule has 2 saturated heterocycles. The van der Waals surface area contributed by atoms with Crippen molar-refractivity contribution < 1.29 is 33.3 Å². The van der Waals surface area contributed by atoms with Gasteiger partial charge in [0.2, 0.25) is 0 Å².